The maximum Gasteiger partial charge on any atom is 0.320 e. The smallest absolute Gasteiger partial charge is 0.320 e. The van der Waals surface area contributed by atoms with E-state index in [4.69, 9.17) is 13.7 Å². The Bertz CT molecular complexity index is 699. The fraction of sp³-hybridized carbons (Fsp3) is 0.895. The summed E-state index contributed by atoms with van der Waals surface area (Å²) in [4.78, 5) is 27.1. The van der Waals surface area contributed by atoms with Crippen molar-refractivity contribution in [2.24, 2.45) is 5.92 Å². The van der Waals surface area contributed by atoms with Crippen molar-refractivity contribution in [3.63, 3.8) is 0 Å². The largest absolute Gasteiger partial charge is 0.459 e. The van der Waals surface area contributed by atoms with Crippen LogP contribution in [0.4, 0.5) is 0 Å². The SMILES string of the molecule is CCC(C)(C)OC(=O)C1CC(OC(=O)CN2CCCCC2)C2CC1S(=O)(=O)O2. The van der Waals surface area contributed by atoms with E-state index in [1.54, 1.807) is 13.8 Å². The molecule has 9 heteroatoms. The minimum atomic E-state index is -3.88. The minimum Gasteiger partial charge on any atom is -0.459 e. The molecule has 1 saturated carbocycles. The monoisotopic (exact) mass is 417 g/mol. The standard InChI is InChI=1S/C19H31NO7S/c1-4-19(2,3)26-18(22)13-10-14(15-11-16(13)28(23,24)27-15)25-17(21)12-20-8-6-5-7-9-20/h13-16H,4-12H2,1-3H3. The molecule has 3 rings (SSSR count). The van der Waals surface area contributed by atoms with Gasteiger partial charge in [0.2, 0.25) is 0 Å². The van der Waals surface area contributed by atoms with Crippen molar-refractivity contribution in [2.45, 2.75) is 82.4 Å². The van der Waals surface area contributed by atoms with Gasteiger partial charge in [0.25, 0.3) is 10.1 Å². The molecule has 0 aromatic heterocycles. The van der Waals surface area contributed by atoms with Crippen LogP contribution in [0.25, 0.3) is 0 Å². The molecule has 0 spiro atoms. The molecule has 3 fully saturated rings. The summed E-state index contributed by atoms with van der Waals surface area (Å²) in [6.45, 7) is 7.36. The van der Waals surface area contributed by atoms with Crippen LogP contribution >= 0.6 is 0 Å². The van der Waals surface area contributed by atoms with Gasteiger partial charge in [-0.1, -0.05) is 13.3 Å². The average molecular weight is 418 g/mol. The van der Waals surface area contributed by atoms with Crippen molar-refractivity contribution in [3.05, 3.63) is 0 Å². The number of carbonyl (C=O) groups excluding carboxylic acids is 2. The van der Waals surface area contributed by atoms with E-state index >= 15 is 0 Å². The van der Waals surface area contributed by atoms with E-state index in [1.807, 2.05) is 11.8 Å². The van der Waals surface area contributed by atoms with Gasteiger partial charge in [-0.3, -0.25) is 18.7 Å². The molecular formula is C19H31NO7S. The Hall–Kier alpha value is -1.19. The molecule has 0 aromatic rings. The van der Waals surface area contributed by atoms with Crippen LogP contribution in [0.3, 0.4) is 0 Å². The third kappa shape index (κ3) is 4.86. The summed E-state index contributed by atoms with van der Waals surface area (Å²) in [6, 6.07) is 0. The van der Waals surface area contributed by atoms with Crippen LogP contribution in [0.1, 0.15) is 59.3 Å². The molecular weight excluding hydrogens is 386 g/mol. The van der Waals surface area contributed by atoms with E-state index in [-0.39, 0.29) is 19.4 Å². The second kappa shape index (κ2) is 8.28. The van der Waals surface area contributed by atoms with Gasteiger partial charge in [0.15, 0.2) is 0 Å². The number of likely N-dealkylation sites (tertiary alicyclic amines) is 1. The van der Waals surface area contributed by atoms with E-state index in [9.17, 15) is 18.0 Å². The first-order chi connectivity index (χ1) is 13.1. The van der Waals surface area contributed by atoms with Gasteiger partial charge in [-0.15, -0.1) is 0 Å². The Morgan fingerprint density at radius 2 is 1.82 bits per heavy atom. The van der Waals surface area contributed by atoms with Crippen LogP contribution in [-0.4, -0.2) is 67.9 Å². The fourth-order valence-electron chi connectivity index (χ4n) is 4.06. The van der Waals surface area contributed by atoms with Crippen molar-refractivity contribution >= 4 is 22.1 Å². The lowest BCUT2D eigenvalue weighted by Gasteiger charge is -2.33. The summed E-state index contributed by atoms with van der Waals surface area (Å²) in [5.74, 6) is -1.86. The summed E-state index contributed by atoms with van der Waals surface area (Å²) >= 11 is 0. The number of rotatable bonds is 6. The molecule has 160 valence electrons. The topological polar surface area (TPSA) is 99.2 Å². The number of carbonyl (C=O) groups is 2. The summed E-state index contributed by atoms with van der Waals surface area (Å²) in [5, 5.41) is -0.935. The zero-order chi connectivity index (χ0) is 20.5. The third-order valence-corrected chi connectivity index (χ3v) is 7.84. The molecule has 2 saturated heterocycles. The molecule has 2 aliphatic heterocycles. The molecule has 0 radical (unpaired) electrons. The maximum absolute atomic E-state index is 12.7. The maximum atomic E-state index is 12.7. The van der Waals surface area contributed by atoms with Crippen molar-refractivity contribution in [2.75, 3.05) is 19.6 Å². The van der Waals surface area contributed by atoms with Crippen molar-refractivity contribution in [1.29, 1.82) is 0 Å². The number of nitrogens with zero attached hydrogens (tertiary/aromatic N) is 1. The van der Waals surface area contributed by atoms with Crippen LogP contribution in [0.15, 0.2) is 0 Å². The van der Waals surface area contributed by atoms with Gasteiger partial charge in [-0.2, -0.15) is 8.42 Å². The molecule has 1 aliphatic carbocycles. The predicted molar refractivity (Wildman–Crippen MR) is 101 cm³/mol. The van der Waals surface area contributed by atoms with Gasteiger partial charge in [0, 0.05) is 6.42 Å². The molecule has 4 atom stereocenters. The highest BCUT2D eigenvalue weighted by Gasteiger charge is 2.56. The quantitative estimate of drug-likeness (QED) is 0.475. The first-order valence-electron chi connectivity index (χ1n) is 10.2. The van der Waals surface area contributed by atoms with Crippen LogP contribution in [0.2, 0.25) is 0 Å². The van der Waals surface area contributed by atoms with E-state index in [0.29, 0.717) is 6.42 Å². The van der Waals surface area contributed by atoms with E-state index < -0.39 is 51.0 Å². The third-order valence-electron chi connectivity index (χ3n) is 6.06. The minimum absolute atomic E-state index is 0.110. The van der Waals surface area contributed by atoms with E-state index in [1.165, 1.54) is 6.42 Å². The van der Waals surface area contributed by atoms with Gasteiger partial charge in [-0.25, -0.2) is 0 Å². The van der Waals surface area contributed by atoms with Crippen LogP contribution < -0.4 is 0 Å². The zero-order valence-corrected chi connectivity index (χ0v) is 17.7. The molecule has 4 unspecified atom stereocenters. The van der Waals surface area contributed by atoms with Gasteiger partial charge < -0.3 is 9.47 Å². The van der Waals surface area contributed by atoms with Gasteiger partial charge in [0.1, 0.15) is 23.1 Å². The number of ether oxygens (including phenoxy) is 2. The van der Waals surface area contributed by atoms with Crippen LogP contribution in [0, 0.1) is 5.92 Å². The average Bonchev–Trinajstić information content (AvgIpc) is 2.89. The van der Waals surface area contributed by atoms with Gasteiger partial charge in [-0.05, 0) is 52.6 Å². The molecule has 3 aliphatic rings. The number of fused-ring (bicyclic) bond motifs is 2. The highest BCUT2D eigenvalue weighted by Crippen LogP contribution is 2.42. The Labute approximate surface area is 167 Å². The predicted octanol–water partition coefficient (Wildman–Crippen LogP) is 1.62. The Balaban J connectivity index is 1.67. The first-order valence-corrected chi connectivity index (χ1v) is 11.7. The lowest BCUT2D eigenvalue weighted by molar-refractivity contribution is -0.169. The Kier molecular flexibility index (Phi) is 6.36. The van der Waals surface area contributed by atoms with Crippen LogP contribution in [0.5, 0.6) is 0 Å². The summed E-state index contributed by atoms with van der Waals surface area (Å²) in [7, 11) is -3.88. The van der Waals surface area contributed by atoms with E-state index in [0.717, 1.165) is 25.9 Å². The molecule has 28 heavy (non-hydrogen) atoms. The normalized spacial score (nSPS) is 32.7. The number of piperidine rings is 1. The van der Waals surface area contributed by atoms with Gasteiger partial charge >= 0.3 is 11.9 Å². The highest BCUT2D eigenvalue weighted by molar-refractivity contribution is 7.87. The molecule has 0 amide bonds. The van der Waals surface area contributed by atoms with Crippen molar-refractivity contribution < 1.29 is 31.7 Å². The van der Waals surface area contributed by atoms with Crippen molar-refractivity contribution in [1.82, 2.24) is 4.90 Å². The molecule has 0 N–H and O–H groups in total. The molecule has 0 aromatic carbocycles. The van der Waals surface area contributed by atoms with E-state index in [2.05, 4.69) is 0 Å². The lowest BCUT2D eigenvalue weighted by Crippen LogP contribution is -2.46. The van der Waals surface area contributed by atoms with Crippen LogP contribution in [-0.2, 0) is 33.4 Å². The summed E-state index contributed by atoms with van der Waals surface area (Å²) in [6.07, 6.45) is 2.68. The molecule has 2 bridgehead atoms. The summed E-state index contributed by atoms with van der Waals surface area (Å²) in [5.41, 5.74) is -0.683. The highest BCUT2D eigenvalue weighted by atomic mass is 32.2. The van der Waals surface area contributed by atoms with Crippen molar-refractivity contribution in [3.8, 4) is 0 Å². The number of hydrogen-bond acceptors (Lipinski definition) is 8. The first kappa shape index (κ1) is 21.5. The van der Waals surface area contributed by atoms with Gasteiger partial charge in [0.05, 0.1) is 12.5 Å². The zero-order valence-electron chi connectivity index (χ0n) is 16.9. The number of hydrogen-bond donors (Lipinski definition) is 0. The lowest BCUT2D eigenvalue weighted by atomic mass is 9.84. The Morgan fingerprint density at radius 3 is 2.46 bits per heavy atom. The number of esters is 2. The molecule has 8 nitrogen and oxygen atoms in total. The second-order valence-electron chi connectivity index (χ2n) is 8.64. The second-order valence-corrected chi connectivity index (χ2v) is 10.4. The fourth-order valence-corrected chi connectivity index (χ4v) is 5.80. The summed E-state index contributed by atoms with van der Waals surface area (Å²) < 4.78 is 41.0. The Morgan fingerprint density at radius 1 is 1.14 bits per heavy atom. The molecule has 2 heterocycles.